The molecule has 0 N–H and O–H groups in total. The summed E-state index contributed by atoms with van der Waals surface area (Å²) in [4.78, 5) is 13.2. The summed E-state index contributed by atoms with van der Waals surface area (Å²) in [6, 6.07) is 0.382. The Labute approximate surface area is 73.9 Å². The van der Waals surface area contributed by atoms with E-state index in [0.29, 0.717) is 6.04 Å². The molecule has 2 nitrogen and oxygen atoms in total. The average molecular weight is 165 g/mol. The lowest BCUT2D eigenvalue weighted by atomic mass is 10.0. The van der Waals surface area contributed by atoms with Gasteiger partial charge >= 0.3 is 0 Å². The number of likely N-dealkylation sites (tertiary alicyclic amines) is 1. The van der Waals surface area contributed by atoms with Crippen molar-refractivity contribution in [2.45, 2.75) is 39.2 Å². The highest BCUT2D eigenvalue weighted by Crippen LogP contribution is 2.15. The molecule has 0 aromatic carbocycles. The maximum absolute atomic E-state index is 11.4. The van der Waals surface area contributed by atoms with Gasteiger partial charge in [-0.3, -0.25) is 4.79 Å². The van der Waals surface area contributed by atoms with Crippen molar-refractivity contribution in [2.75, 3.05) is 6.54 Å². The molecule has 1 unspecified atom stereocenters. The van der Waals surface area contributed by atoms with E-state index in [2.05, 4.69) is 18.8 Å². The van der Waals surface area contributed by atoms with Crippen molar-refractivity contribution < 1.29 is 4.79 Å². The molecule has 0 bridgehead atoms. The molecule has 0 aromatic heterocycles. The fourth-order valence-electron chi connectivity index (χ4n) is 1.58. The summed E-state index contributed by atoms with van der Waals surface area (Å²) in [5.41, 5.74) is 0. The molecule has 1 saturated heterocycles. The molecule has 0 saturated carbocycles. The number of piperidine rings is 1. The number of amides is 1. The number of hydrogen-bond donors (Lipinski definition) is 0. The molecule has 1 amide bonds. The van der Waals surface area contributed by atoms with Gasteiger partial charge in [0.1, 0.15) is 0 Å². The minimum Gasteiger partial charge on any atom is -0.329 e. The van der Waals surface area contributed by atoms with Gasteiger partial charge in [-0.25, -0.2) is 0 Å². The van der Waals surface area contributed by atoms with E-state index in [-0.39, 0.29) is 5.91 Å². The van der Waals surface area contributed by atoms with Gasteiger partial charge in [-0.1, -0.05) is 5.92 Å². The Morgan fingerprint density at radius 1 is 1.50 bits per heavy atom. The summed E-state index contributed by atoms with van der Waals surface area (Å²) in [5, 5.41) is 0. The molecular formula is C10H15NO. The quantitative estimate of drug-likeness (QED) is 0.497. The minimum absolute atomic E-state index is 0.00954. The van der Waals surface area contributed by atoms with Crippen LogP contribution in [0.2, 0.25) is 0 Å². The molecule has 0 aliphatic carbocycles. The Balaban J connectivity index is 2.57. The number of rotatable bonds is 0. The van der Waals surface area contributed by atoms with Gasteiger partial charge in [0.2, 0.25) is 0 Å². The van der Waals surface area contributed by atoms with Gasteiger partial charge in [0.15, 0.2) is 0 Å². The molecule has 1 atom stereocenters. The first kappa shape index (κ1) is 9.12. The number of carbonyl (C=O) groups is 1. The Hall–Kier alpha value is -0.970. The van der Waals surface area contributed by atoms with Crippen molar-refractivity contribution in [3.05, 3.63) is 0 Å². The zero-order chi connectivity index (χ0) is 8.97. The molecule has 0 spiro atoms. The topological polar surface area (TPSA) is 20.3 Å². The van der Waals surface area contributed by atoms with Crippen LogP contribution < -0.4 is 0 Å². The number of carbonyl (C=O) groups excluding carboxylic acids is 1. The Kier molecular flexibility index (Phi) is 3.16. The lowest BCUT2D eigenvalue weighted by Crippen LogP contribution is -2.41. The SMILES string of the molecule is CC#CC(=O)N1CCCCC1C. The van der Waals surface area contributed by atoms with Gasteiger partial charge in [-0.2, -0.15) is 0 Å². The van der Waals surface area contributed by atoms with Crippen LogP contribution in [0.15, 0.2) is 0 Å². The van der Waals surface area contributed by atoms with E-state index in [1.54, 1.807) is 6.92 Å². The third kappa shape index (κ3) is 2.01. The summed E-state index contributed by atoms with van der Waals surface area (Å²) >= 11 is 0. The fourth-order valence-corrected chi connectivity index (χ4v) is 1.58. The molecule has 1 heterocycles. The predicted octanol–water partition coefficient (Wildman–Crippen LogP) is 1.41. The monoisotopic (exact) mass is 165 g/mol. The van der Waals surface area contributed by atoms with Gasteiger partial charge in [0.25, 0.3) is 5.91 Å². The third-order valence-corrected chi connectivity index (χ3v) is 2.30. The molecule has 1 fully saturated rings. The van der Waals surface area contributed by atoms with Crippen LogP contribution in [0.1, 0.15) is 33.1 Å². The summed E-state index contributed by atoms with van der Waals surface area (Å²) < 4.78 is 0. The smallest absolute Gasteiger partial charge is 0.298 e. The van der Waals surface area contributed by atoms with Gasteiger partial charge in [-0.15, -0.1) is 0 Å². The van der Waals surface area contributed by atoms with Gasteiger partial charge < -0.3 is 4.90 Å². The maximum Gasteiger partial charge on any atom is 0.298 e. The van der Waals surface area contributed by atoms with E-state index in [1.807, 2.05) is 4.90 Å². The van der Waals surface area contributed by atoms with Crippen molar-refractivity contribution in [3.8, 4) is 11.8 Å². The lowest BCUT2D eigenvalue weighted by molar-refractivity contribution is -0.128. The van der Waals surface area contributed by atoms with Crippen LogP contribution in [-0.4, -0.2) is 23.4 Å². The highest BCUT2D eigenvalue weighted by molar-refractivity contribution is 5.93. The number of nitrogens with zero attached hydrogens (tertiary/aromatic N) is 1. The van der Waals surface area contributed by atoms with Crippen LogP contribution in [0, 0.1) is 11.8 Å². The van der Waals surface area contributed by atoms with E-state index in [9.17, 15) is 4.79 Å². The molecule has 66 valence electrons. The van der Waals surface area contributed by atoms with Crippen molar-refractivity contribution >= 4 is 5.91 Å². The molecule has 1 aliphatic rings. The summed E-state index contributed by atoms with van der Waals surface area (Å²) in [5.74, 6) is 5.22. The van der Waals surface area contributed by atoms with Crippen molar-refractivity contribution in [3.63, 3.8) is 0 Å². The van der Waals surface area contributed by atoms with Crippen molar-refractivity contribution in [1.29, 1.82) is 0 Å². The van der Waals surface area contributed by atoms with Crippen molar-refractivity contribution in [1.82, 2.24) is 4.90 Å². The molecule has 0 aromatic rings. The van der Waals surface area contributed by atoms with Crippen LogP contribution >= 0.6 is 0 Å². The normalized spacial score (nSPS) is 22.8. The Morgan fingerprint density at radius 3 is 2.83 bits per heavy atom. The highest BCUT2D eigenvalue weighted by atomic mass is 16.2. The molecule has 0 radical (unpaired) electrons. The summed E-state index contributed by atoms with van der Waals surface area (Å²) in [7, 11) is 0. The van der Waals surface area contributed by atoms with Crippen molar-refractivity contribution in [2.24, 2.45) is 0 Å². The molecular weight excluding hydrogens is 150 g/mol. The highest BCUT2D eigenvalue weighted by Gasteiger charge is 2.21. The zero-order valence-electron chi connectivity index (χ0n) is 7.76. The van der Waals surface area contributed by atoms with Crippen LogP contribution in [0.25, 0.3) is 0 Å². The van der Waals surface area contributed by atoms with Gasteiger partial charge in [0, 0.05) is 12.6 Å². The largest absolute Gasteiger partial charge is 0.329 e. The van der Waals surface area contributed by atoms with Crippen LogP contribution in [0.3, 0.4) is 0 Å². The Morgan fingerprint density at radius 2 is 2.25 bits per heavy atom. The van der Waals surface area contributed by atoms with Crippen LogP contribution in [0.5, 0.6) is 0 Å². The van der Waals surface area contributed by atoms with Gasteiger partial charge in [-0.05, 0) is 39.0 Å². The maximum atomic E-state index is 11.4. The third-order valence-electron chi connectivity index (χ3n) is 2.30. The molecule has 12 heavy (non-hydrogen) atoms. The fraction of sp³-hybridized carbons (Fsp3) is 0.700. The van der Waals surface area contributed by atoms with E-state index in [0.717, 1.165) is 19.4 Å². The Bertz CT molecular complexity index is 224. The predicted molar refractivity (Wildman–Crippen MR) is 48.5 cm³/mol. The molecule has 2 heteroatoms. The second kappa shape index (κ2) is 4.15. The first-order valence-electron chi connectivity index (χ1n) is 4.49. The second-order valence-corrected chi connectivity index (χ2v) is 3.22. The van der Waals surface area contributed by atoms with E-state index in [4.69, 9.17) is 0 Å². The van der Waals surface area contributed by atoms with E-state index < -0.39 is 0 Å². The van der Waals surface area contributed by atoms with Crippen LogP contribution in [-0.2, 0) is 4.79 Å². The minimum atomic E-state index is -0.00954. The van der Waals surface area contributed by atoms with Crippen LogP contribution in [0.4, 0.5) is 0 Å². The molecule has 1 rings (SSSR count). The summed E-state index contributed by atoms with van der Waals surface area (Å²) in [6.07, 6.45) is 3.49. The first-order valence-corrected chi connectivity index (χ1v) is 4.49. The average Bonchev–Trinajstić information content (AvgIpc) is 2.05. The second-order valence-electron chi connectivity index (χ2n) is 3.22. The van der Waals surface area contributed by atoms with E-state index >= 15 is 0 Å². The van der Waals surface area contributed by atoms with E-state index in [1.165, 1.54) is 6.42 Å². The standard InChI is InChI=1S/C10H15NO/c1-3-6-10(12)11-8-5-4-7-9(11)2/h9H,4-5,7-8H2,1-2H3. The zero-order valence-corrected chi connectivity index (χ0v) is 7.76. The summed E-state index contributed by atoms with van der Waals surface area (Å²) in [6.45, 7) is 4.68. The lowest BCUT2D eigenvalue weighted by Gasteiger charge is -2.31. The number of hydrogen-bond acceptors (Lipinski definition) is 1. The molecule has 1 aliphatic heterocycles. The van der Waals surface area contributed by atoms with Gasteiger partial charge in [0.05, 0.1) is 0 Å². The first-order chi connectivity index (χ1) is 5.75.